The molecule has 9 heavy (non-hydrogen) atoms. The third kappa shape index (κ3) is 8.26. The van der Waals surface area contributed by atoms with E-state index in [4.69, 9.17) is 5.11 Å². The van der Waals surface area contributed by atoms with E-state index in [0.29, 0.717) is 12.2 Å². The molecule has 0 atom stereocenters. The Labute approximate surface area is 58.8 Å². The highest BCUT2D eigenvalue weighted by atomic mass is 33.1. The van der Waals surface area contributed by atoms with Gasteiger partial charge in [-0.25, -0.2) is 8.42 Å². The predicted octanol–water partition coefficient (Wildman–Crippen LogP) is 0.0616. The lowest BCUT2D eigenvalue weighted by atomic mass is 10.5. The lowest BCUT2D eigenvalue weighted by molar-refractivity contribution is 0.296. The van der Waals surface area contributed by atoms with Crippen LogP contribution >= 0.6 is 10.8 Å². The molecule has 0 aromatic carbocycles. The van der Waals surface area contributed by atoms with Crippen LogP contribution in [-0.4, -0.2) is 32.1 Å². The maximum atomic E-state index is 10.4. The van der Waals surface area contributed by atoms with E-state index in [2.05, 4.69) is 0 Å². The van der Waals surface area contributed by atoms with E-state index in [1.54, 1.807) is 0 Å². The van der Waals surface area contributed by atoms with Gasteiger partial charge < -0.3 is 5.11 Å². The molecular formula is C4H10O3S2. The summed E-state index contributed by atoms with van der Waals surface area (Å²) in [6, 6.07) is 0. The second-order valence-electron chi connectivity index (χ2n) is 1.60. The van der Waals surface area contributed by atoms with Crippen LogP contribution in [0.2, 0.25) is 0 Å². The Morgan fingerprint density at radius 2 is 2.11 bits per heavy atom. The first-order valence-electron chi connectivity index (χ1n) is 2.51. The summed E-state index contributed by atoms with van der Waals surface area (Å²) in [7, 11) is -2.02. The van der Waals surface area contributed by atoms with Gasteiger partial charge in [0.05, 0.1) is 0 Å². The number of hydrogen-bond donors (Lipinski definition) is 1. The molecule has 0 aromatic heterocycles. The molecule has 0 unspecified atom stereocenters. The zero-order chi connectivity index (χ0) is 7.33. The van der Waals surface area contributed by atoms with E-state index in [1.807, 2.05) is 0 Å². The monoisotopic (exact) mass is 170 g/mol. The largest absolute Gasteiger partial charge is 0.396 e. The minimum Gasteiger partial charge on any atom is -0.396 e. The predicted molar refractivity (Wildman–Crippen MR) is 39.0 cm³/mol. The Morgan fingerprint density at radius 3 is 2.44 bits per heavy atom. The SMILES string of the molecule is CS(=O)(=O)SCCCO. The molecule has 5 heteroatoms. The van der Waals surface area contributed by atoms with Crippen LogP contribution in [0.15, 0.2) is 0 Å². The first-order chi connectivity index (χ1) is 4.06. The fourth-order valence-corrected chi connectivity index (χ4v) is 2.09. The van der Waals surface area contributed by atoms with E-state index in [1.165, 1.54) is 0 Å². The number of hydrogen-bond acceptors (Lipinski definition) is 4. The second kappa shape index (κ2) is 4.14. The van der Waals surface area contributed by atoms with Gasteiger partial charge in [-0.2, -0.15) is 0 Å². The fourth-order valence-electron chi connectivity index (χ4n) is 0.275. The van der Waals surface area contributed by atoms with Gasteiger partial charge in [-0.05, 0) is 17.2 Å². The first-order valence-corrected chi connectivity index (χ1v) is 5.91. The highest BCUT2D eigenvalue weighted by Crippen LogP contribution is 2.09. The standard InChI is InChI=1S/C4H10O3S2/c1-9(6,7)8-4-2-3-5/h5H,2-4H2,1H3. The van der Waals surface area contributed by atoms with Gasteiger partial charge in [-0.1, -0.05) is 0 Å². The molecule has 0 aromatic rings. The van der Waals surface area contributed by atoms with Crippen LogP contribution in [-0.2, 0) is 8.87 Å². The summed E-state index contributed by atoms with van der Waals surface area (Å²) in [4.78, 5) is 0. The Morgan fingerprint density at radius 1 is 1.56 bits per heavy atom. The van der Waals surface area contributed by atoms with Gasteiger partial charge in [-0.3, -0.25) is 0 Å². The molecule has 0 aliphatic rings. The number of aliphatic hydroxyl groups is 1. The molecule has 0 radical (unpaired) electrons. The summed E-state index contributed by atoms with van der Waals surface area (Å²) in [6.45, 7) is 0.0581. The number of aliphatic hydroxyl groups excluding tert-OH is 1. The third-order valence-electron chi connectivity index (χ3n) is 0.600. The van der Waals surface area contributed by atoms with Crippen molar-refractivity contribution in [3.8, 4) is 0 Å². The first kappa shape index (κ1) is 9.26. The van der Waals surface area contributed by atoms with Crippen molar-refractivity contribution >= 4 is 19.7 Å². The van der Waals surface area contributed by atoms with E-state index in [0.717, 1.165) is 17.0 Å². The summed E-state index contributed by atoms with van der Waals surface area (Å²) in [5.74, 6) is 0.481. The van der Waals surface area contributed by atoms with Gasteiger partial charge in [0, 0.05) is 18.6 Å². The smallest absolute Gasteiger partial charge is 0.198 e. The summed E-state index contributed by atoms with van der Waals surface area (Å²) in [6.07, 6.45) is 1.70. The summed E-state index contributed by atoms with van der Waals surface area (Å²) >= 11 is 0. The number of rotatable bonds is 4. The minimum absolute atomic E-state index is 0.0581. The Bertz CT molecular complexity index is 149. The molecule has 0 amide bonds. The zero-order valence-electron chi connectivity index (χ0n) is 5.20. The van der Waals surface area contributed by atoms with Gasteiger partial charge in [-0.15, -0.1) is 0 Å². The normalized spacial score (nSPS) is 11.8. The summed E-state index contributed by atoms with van der Waals surface area (Å²) in [5.41, 5.74) is 0. The van der Waals surface area contributed by atoms with Crippen molar-refractivity contribution in [1.82, 2.24) is 0 Å². The minimum atomic E-state index is -2.89. The molecule has 0 saturated heterocycles. The van der Waals surface area contributed by atoms with Crippen LogP contribution in [0.1, 0.15) is 6.42 Å². The van der Waals surface area contributed by atoms with Crippen molar-refractivity contribution in [3.63, 3.8) is 0 Å². The second-order valence-corrected chi connectivity index (χ2v) is 6.18. The van der Waals surface area contributed by atoms with E-state index < -0.39 is 8.87 Å². The van der Waals surface area contributed by atoms with Crippen molar-refractivity contribution in [2.24, 2.45) is 0 Å². The molecule has 3 nitrogen and oxygen atoms in total. The van der Waals surface area contributed by atoms with Gasteiger partial charge >= 0.3 is 0 Å². The van der Waals surface area contributed by atoms with Crippen LogP contribution in [0.4, 0.5) is 0 Å². The molecule has 0 spiro atoms. The molecular weight excluding hydrogens is 160 g/mol. The van der Waals surface area contributed by atoms with Crippen LogP contribution < -0.4 is 0 Å². The van der Waals surface area contributed by atoms with Crippen molar-refractivity contribution < 1.29 is 13.5 Å². The third-order valence-corrected chi connectivity index (χ3v) is 3.27. The Hall–Kier alpha value is 0.260. The van der Waals surface area contributed by atoms with Crippen LogP contribution in [0, 0.1) is 0 Å². The van der Waals surface area contributed by atoms with E-state index in [-0.39, 0.29) is 6.61 Å². The lowest BCUT2D eigenvalue weighted by Gasteiger charge is -1.93. The average Bonchev–Trinajstić information content (AvgIpc) is 1.63. The summed E-state index contributed by atoms with van der Waals surface area (Å²) in [5, 5.41) is 8.25. The molecule has 1 N–H and O–H groups in total. The topological polar surface area (TPSA) is 54.4 Å². The van der Waals surface area contributed by atoms with Crippen molar-refractivity contribution in [3.05, 3.63) is 0 Å². The summed E-state index contributed by atoms with van der Waals surface area (Å²) < 4.78 is 20.8. The van der Waals surface area contributed by atoms with Crippen molar-refractivity contribution in [2.75, 3.05) is 18.6 Å². The van der Waals surface area contributed by atoms with Gasteiger partial charge in [0.25, 0.3) is 0 Å². The van der Waals surface area contributed by atoms with Gasteiger partial charge in [0.15, 0.2) is 8.87 Å². The highest BCUT2D eigenvalue weighted by Gasteiger charge is 1.99. The van der Waals surface area contributed by atoms with Crippen LogP contribution in [0.3, 0.4) is 0 Å². The molecule has 0 fully saturated rings. The van der Waals surface area contributed by atoms with Crippen LogP contribution in [0.25, 0.3) is 0 Å². The van der Waals surface area contributed by atoms with Crippen molar-refractivity contribution in [1.29, 1.82) is 0 Å². The zero-order valence-corrected chi connectivity index (χ0v) is 6.83. The maximum Gasteiger partial charge on any atom is 0.198 e. The van der Waals surface area contributed by atoms with Gasteiger partial charge in [0.1, 0.15) is 0 Å². The van der Waals surface area contributed by atoms with Crippen molar-refractivity contribution in [2.45, 2.75) is 6.42 Å². The van der Waals surface area contributed by atoms with E-state index in [9.17, 15) is 8.42 Å². The lowest BCUT2D eigenvalue weighted by Crippen LogP contribution is -1.92. The fraction of sp³-hybridized carbons (Fsp3) is 1.00. The molecule has 0 aliphatic carbocycles. The Balaban J connectivity index is 3.30. The average molecular weight is 170 g/mol. The molecule has 0 heterocycles. The molecule has 0 bridgehead atoms. The van der Waals surface area contributed by atoms with Gasteiger partial charge in [0.2, 0.25) is 0 Å². The quantitative estimate of drug-likeness (QED) is 0.479. The highest BCUT2D eigenvalue weighted by molar-refractivity contribution is 8.71. The van der Waals surface area contributed by atoms with E-state index >= 15 is 0 Å². The molecule has 0 rings (SSSR count). The maximum absolute atomic E-state index is 10.4. The Kier molecular flexibility index (Phi) is 4.26. The molecule has 0 saturated carbocycles. The van der Waals surface area contributed by atoms with Crippen LogP contribution in [0.5, 0.6) is 0 Å². The molecule has 56 valence electrons. The molecule has 0 aliphatic heterocycles.